The molecule has 1 atom stereocenters. The van der Waals surface area contributed by atoms with E-state index in [4.69, 9.17) is 9.47 Å². The Balaban J connectivity index is 1.71. The van der Waals surface area contributed by atoms with Crippen molar-refractivity contribution in [2.24, 2.45) is 0 Å². The number of carbonyl (C=O) groups is 2. The first-order chi connectivity index (χ1) is 21.2. The molecule has 0 saturated heterocycles. The molecule has 0 aliphatic heterocycles. The van der Waals surface area contributed by atoms with E-state index in [-0.39, 0.29) is 29.1 Å². The number of hydrogen-bond acceptors (Lipinski definition) is 6. The fourth-order valence-corrected chi connectivity index (χ4v) is 6.77. The predicted octanol–water partition coefficient (Wildman–Crippen LogP) is 5.29. The quantitative estimate of drug-likeness (QED) is 0.261. The van der Waals surface area contributed by atoms with Crippen molar-refractivity contribution in [2.45, 2.75) is 69.5 Å². The summed E-state index contributed by atoms with van der Waals surface area (Å²) in [5.41, 5.74) is 0.972. The zero-order valence-electron chi connectivity index (χ0n) is 25.4. The number of sulfonamides is 1. The van der Waals surface area contributed by atoms with Gasteiger partial charge in [-0.2, -0.15) is 0 Å². The van der Waals surface area contributed by atoms with E-state index in [1.54, 1.807) is 55.6 Å². The molecule has 0 heterocycles. The van der Waals surface area contributed by atoms with Crippen LogP contribution in [0.3, 0.4) is 0 Å². The molecule has 1 aliphatic rings. The van der Waals surface area contributed by atoms with E-state index in [1.807, 2.05) is 13.8 Å². The van der Waals surface area contributed by atoms with Crippen LogP contribution in [-0.4, -0.2) is 57.5 Å². The van der Waals surface area contributed by atoms with Gasteiger partial charge in [0, 0.05) is 12.6 Å². The van der Waals surface area contributed by atoms with Crippen molar-refractivity contribution >= 4 is 27.5 Å². The highest BCUT2D eigenvalue weighted by atomic mass is 32.2. The van der Waals surface area contributed by atoms with Gasteiger partial charge in [0.2, 0.25) is 11.8 Å². The Morgan fingerprint density at radius 2 is 1.55 bits per heavy atom. The minimum Gasteiger partial charge on any atom is -0.497 e. The number of nitrogens with one attached hydrogen (secondary N) is 1. The van der Waals surface area contributed by atoms with Crippen molar-refractivity contribution in [3.8, 4) is 11.5 Å². The van der Waals surface area contributed by atoms with Gasteiger partial charge in [-0.25, -0.2) is 12.8 Å². The molecule has 44 heavy (non-hydrogen) atoms. The Hall–Kier alpha value is -4.12. The lowest BCUT2D eigenvalue weighted by atomic mass is 10.1. The van der Waals surface area contributed by atoms with Crippen molar-refractivity contribution in [1.82, 2.24) is 10.2 Å². The Morgan fingerprint density at radius 3 is 2.11 bits per heavy atom. The fourth-order valence-electron chi connectivity index (χ4n) is 5.35. The molecule has 1 aliphatic carbocycles. The third-order valence-electron chi connectivity index (χ3n) is 7.72. The van der Waals surface area contributed by atoms with Crippen molar-refractivity contribution in [3.63, 3.8) is 0 Å². The lowest BCUT2D eigenvalue weighted by Crippen LogP contribution is -2.53. The van der Waals surface area contributed by atoms with E-state index >= 15 is 0 Å². The minimum atomic E-state index is -4.32. The van der Waals surface area contributed by atoms with Crippen molar-refractivity contribution in [3.05, 3.63) is 84.2 Å². The van der Waals surface area contributed by atoms with Crippen LogP contribution < -0.4 is 19.1 Å². The summed E-state index contributed by atoms with van der Waals surface area (Å²) in [6.45, 7) is 3.58. The molecule has 1 fully saturated rings. The van der Waals surface area contributed by atoms with E-state index in [2.05, 4.69) is 5.32 Å². The number of ether oxygens (including phenoxy) is 2. The van der Waals surface area contributed by atoms with Gasteiger partial charge >= 0.3 is 0 Å². The normalized spacial score (nSPS) is 14.1. The summed E-state index contributed by atoms with van der Waals surface area (Å²) in [5, 5.41) is 3.10. The number of rotatable bonds is 14. The molecule has 4 rings (SSSR count). The van der Waals surface area contributed by atoms with Gasteiger partial charge in [0.1, 0.15) is 29.9 Å². The molecule has 9 nitrogen and oxygen atoms in total. The molecule has 3 aromatic carbocycles. The molecule has 0 unspecified atom stereocenters. The van der Waals surface area contributed by atoms with Crippen molar-refractivity contribution in [1.29, 1.82) is 0 Å². The van der Waals surface area contributed by atoms with Crippen LogP contribution in [-0.2, 0) is 26.2 Å². The second-order valence-electron chi connectivity index (χ2n) is 10.7. The van der Waals surface area contributed by atoms with Gasteiger partial charge in [-0.1, -0.05) is 31.9 Å². The number of halogens is 1. The molecule has 0 spiro atoms. The summed E-state index contributed by atoms with van der Waals surface area (Å²) < 4.78 is 53.4. The van der Waals surface area contributed by atoms with E-state index in [1.165, 1.54) is 4.90 Å². The molecule has 2 amide bonds. The number of amides is 2. The number of nitrogens with zero attached hydrogens (tertiary/aromatic N) is 2. The van der Waals surface area contributed by atoms with Gasteiger partial charge in [-0.05, 0) is 92.4 Å². The van der Waals surface area contributed by atoms with E-state index in [0.29, 0.717) is 24.5 Å². The van der Waals surface area contributed by atoms with E-state index in [0.717, 1.165) is 59.8 Å². The zero-order valence-corrected chi connectivity index (χ0v) is 26.2. The molecule has 11 heteroatoms. The summed E-state index contributed by atoms with van der Waals surface area (Å²) in [6.07, 6.45) is 4.17. The second kappa shape index (κ2) is 15.1. The van der Waals surface area contributed by atoms with Crippen LogP contribution >= 0.6 is 0 Å². The summed E-state index contributed by atoms with van der Waals surface area (Å²) in [4.78, 5) is 29.1. The molecule has 0 radical (unpaired) electrons. The first kappa shape index (κ1) is 32.8. The van der Waals surface area contributed by atoms with Gasteiger partial charge in [0.05, 0.1) is 24.3 Å². The fraction of sp³-hybridized carbons (Fsp3) is 0.394. The van der Waals surface area contributed by atoms with E-state index < -0.39 is 34.3 Å². The van der Waals surface area contributed by atoms with Gasteiger partial charge < -0.3 is 19.7 Å². The third-order valence-corrected chi connectivity index (χ3v) is 9.50. The molecule has 0 bridgehead atoms. The maximum absolute atomic E-state index is 14.2. The lowest BCUT2D eigenvalue weighted by Gasteiger charge is -2.33. The smallest absolute Gasteiger partial charge is 0.264 e. The number of benzene rings is 3. The zero-order chi connectivity index (χ0) is 31.7. The highest BCUT2D eigenvalue weighted by Crippen LogP contribution is 2.27. The van der Waals surface area contributed by atoms with E-state index in [9.17, 15) is 22.4 Å². The molecule has 0 aromatic heterocycles. The predicted molar refractivity (Wildman–Crippen MR) is 167 cm³/mol. The maximum Gasteiger partial charge on any atom is 0.264 e. The van der Waals surface area contributed by atoms with Crippen LogP contribution in [0.15, 0.2) is 77.7 Å². The molecule has 236 valence electrons. The molecule has 1 saturated carbocycles. The summed E-state index contributed by atoms with van der Waals surface area (Å²) in [5.74, 6) is -0.233. The average Bonchev–Trinajstić information content (AvgIpc) is 3.54. The van der Waals surface area contributed by atoms with Crippen LogP contribution in [0.4, 0.5) is 10.1 Å². The molecule has 1 N–H and O–H groups in total. The minimum absolute atomic E-state index is 0.0497. The van der Waals surface area contributed by atoms with Crippen molar-refractivity contribution < 1.29 is 31.9 Å². The lowest BCUT2D eigenvalue weighted by molar-refractivity contribution is -0.140. The number of methoxy groups -OCH3 is 1. The van der Waals surface area contributed by atoms with Crippen molar-refractivity contribution in [2.75, 3.05) is 24.6 Å². The third kappa shape index (κ3) is 8.07. The highest BCUT2D eigenvalue weighted by Gasteiger charge is 2.34. The Morgan fingerprint density at radius 1 is 0.932 bits per heavy atom. The van der Waals surface area contributed by atoms with Crippen LogP contribution in [0, 0.1) is 5.82 Å². The number of carbonyl (C=O) groups excluding carboxylic acids is 2. The van der Waals surface area contributed by atoms with Crippen LogP contribution in [0.5, 0.6) is 11.5 Å². The average molecular weight is 626 g/mol. The Labute approximate surface area is 259 Å². The number of hydrogen-bond donors (Lipinski definition) is 1. The van der Waals surface area contributed by atoms with Gasteiger partial charge in [-0.3, -0.25) is 13.9 Å². The SMILES string of the molecule is CCOc1ccc(N(CC(=O)N(Cc2ccc(OC)cc2)[C@@H](CC)C(=O)NC2CCCC2)S(=O)(=O)c2ccc(F)cc2)cc1. The molecular weight excluding hydrogens is 585 g/mol. The molecular formula is C33H40FN3O6S. The van der Waals surface area contributed by atoms with Gasteiger partial charge in [0.15, 0.2) is 0 Å². The Kier molecular flexibility index (Phi) is 11.2. The standard InChI is InChI=1S/C33H40FN3O6S/c1-4-31(33(39)35-26-8-6-7-9-26)36(22-24-10-16-28(42-3)17-11-24)32(38)23-37(27-14-18-29(19-15-27)43-5-2)44(40,41)30-20-12-25(34)13-21-30/h10-21,26,31H,4-9,22-23H2,1-3H3,(H,35,39)/t31-/m0/s1. The summed E-state index contributed by atoms with van der Waals surface area (Å²) >= 11 is 0. The largest absolute Gasteiger partial charge is 0.497 e. The highest BCUT2D eigenvalue weighted by molar-refractivity contribution is 7.92. The van der Waals surface area contributed by atoms with Gasteiger partial charge in [0.25, 0.3) is 10.0 Å². The Bertz CT molecular complexity index is 1490. The number of anilines is 1. The van der Waals surface area contributed by atoms with Crippen LogP contribution in [0.1, 0.15) is 51.5 Å². The first-order valence-corrected chi connectivity index (χ1v) is 16.3. The summed E-state index contributed by atoms with van der Waals surface area (Å²) in [6, 6.07) is 17.1. The monoisotopic (exact) mass is 625 g/mol. The topological polar surface area (TPSA) is 105 Å². The summed E-state index contributed by atoms with van der Waals surface area (Å²) in [7, 11) is -2.76. The maximum atomic E-state index is 14.2. The van der Waals surface area contributed by atoms with Gasteiger partial charge in [-0.15, -0.1) is 0 Å². The first-order valence-electron chi connectivity index (χ1n) is 14.9. The second-order valence-corrected chi connectivity index (χ2v) is 12.5. The van der Waals surface area contributed by atoms with Crippen LogP contribution in [0.2, 0.25) is 0 Å². The molecule has 3 aromatic rings. The van der Waals surface area contributed by atoms with Crippen LogP contribution in [0.25, 0.3) is 0 Å².